The summed E-state index contributed by atoms with van der Waals surface area (Å²) in [5.74, 6) is 0.723. The Labute approximate surface area is 157 Å². The molecule has 0 bridgehead atoms. The zero-order chi connectivity index (χ0) is 18.1. The van der Waals surface area contributed by atoms with E-state index in [2.05, 4.69) is 21.5 Å². The van der Waals surface area contributed by atoms with Gasteiger partial charge in [0.15, 0.2) is 5.65 Å². The number of rotatable bonds is 3. The normalized spacial score (nSPS) is 18.0. The van der Waals surface area contributed by atoms with Gasteiger partial charge in [0.2, 0.25) is 5.95 Å². The van der Waals surface area contributed by atoms with Gasteiger partial charge in [0.05, 0.1) is 17.6 Å². The molecule has 3 aromatic heterocycles. The third kappa shape index (κ3) is 3.30. The first-order chi connectivity index (χ1) is 13.4. The molecule has 0 aromatic carbocycles. The van der Waals surface area contributed by atoms with Gasteiger partial charge in [0.1, 0.15) is 0 Å². The van der Waals surface area contributed by atoms with Gasteiger partial charge in [0.25, 0.3) is 0 Å². The minimum atomic E-state index is 0.392. The first-order valence-electron chi connectivity index (χ1n) is 9.58. The molecule has 7 nitrogen and oxygen atoms in total. The van der Waals surface area contributed by atoms with Gasteiger partial charge in [-0.2, -0.15) is 5.10 Å². The Bertz CT molecular complexity index is 989. The van der Waals surface area contributed by atoms with Crippen molar-refractivity contribution >= 4 is 17.2 Å². The van der Waals surface area contributed by atoms with Crippen molar-refractivity contribution in [3.8, 4) is 0 Å². The lowest BCUT2D eigenvalue weighted by atomic mass is 10.0. The average molecular weight is 362 g/mol. The molecule has 2 aliphatic rings. The number of fused-ring (bicyclic) bond motifs is 2. The average Bonchev–Trinajstić information content (AvgIpc) is 3.07. The Morgan fingerprint density at radius 1 is 1.15 bits per heavy atom. The van der Waals surface area contributed by atoms with Crippen molar-refractivity contribution in [1.82, 2.24) is 24.6 Å². The highest BCUT2D eigenvalue weighted by atomic mass is 16.5. The predicted octanol–water partition coefficient (Wildman–Crippen LogP) is 2.88. The summed E-state index contributed by atoms with van der Waals surface area (Å²) in [6, 6.07) is 4.32. The summed E-state index contributed by atoms with van der Waals surface area (Å²) in [5, 5.41) is 7.71. The summed E-state index contributed by atoms with van der Waals surface area (Å²) < 4.78 is 7.21. The molecular formula is C20H22N6O. The second kappa shape index (κ2) is 7.08. The first kappa shape index (κ1) is 16.4. The molecule has 0 radical (unpaired) electrons. The fraction of sp³-hybridized carbons (Fsp3) is 0.400. The van der Waals surface area contributed by atoms with Crippen LogP contribution in [-0.2, 0) is 11.2 Å². The lowest BCUT2D eigenvalue weighted by Gasteiger charge is -2.23. The van der Waals surface area contributed by atoms with Gasteiger partial charge in [-0.15, -0.1) is 0 Å². The quantitative estimate of drug-likeness (QED) is 0.772. The van der Waals surface area contributed by atoms with E-state index < -0.39 is 0 Å². The van der Waals surface area contributed by atoms with Gasteiger partial charge in [-0.1, -0.05) is 6.08 Å². The topological polar surface area (TPSA) is 77.2 Å². The standard InChI is InChI=1S/C20H22N6O/c1-2-4-17-16(13-21-20(25-17)23-14-7-11-27-12-8-14)15(3-1)18-6-10-26-19(24-18)5-9-22-26/h3,5-6,9-10,13-14H,1-2,4,7-8,11-12H2,(H,21,23,25). The fourth-order valence-electron chi connectivity index (χ4n) is 3.76. The summed E-state index contributed by atoms with van der Waals surface area (Å²) in [5.41, 5.74) is 5.08. The number of allylic oxidation sites excluding steroid dienone is 1. The maximum atomic E-state index is 5.43. The molecule has 1 aliphatic carbocycles. The number of aromatic nitrogens is 5. The molecule has 0 atom stereocenters. The first-order valence-corrected chi connectivity index (χ1v) is 9.58. The van der Waals surface area contributed by atoms with Crippen LogP contribution < -0.4 is 5.32 Å². The van der Waals surface area contributed by atoms with Crippen LogP contribution in [0.4, 0.5) is 5.95 Å². The van der Waals surface area contributed by atoms with E-state index in [1.54, 1.807) is 10.7 Å². The highest BCUT2D eigenvalue weighted by molar-refractivity contribution is 5.79. The van der Waals surface area contributed by atoms with E-state index >= 15 is 0 Å². The van der Waals surface area contributed by atoms with E-state index in [4.69, 9.17) is 14.7 Å². The molecule has 5 rings (SSSR count). The SMILES string of the molecule is C1=C(c2ccn3nccc3n2)c2cnc(NC3CCOCC3)nc2CCC1. The molecule has 0 unspecified atom stereocenters. The van der Waals surface area contributed by atoms with Crippen molar-refractivity contribution in [1.29, 1.82) is 0 Å². The van der Waals surface area contributed by atoms with Gasteiger partial charge in [-0.25, -0.2) is 19.5 Å². The second-order valence-corrected chi connectivity index (χ2v) is 7.04. The molecule has 0 amide bonds. The Morgan fingerprint density at radius 3 is 3.00 bits per heavy atom. The second-order valence-electron chi connectivity index (χ2n) is 7.04. The molecule has 4 heterocycles. The number of hydrogen-bond acceptors (Lipinski definition) is 6. The number of aryl methyl sites for hydroxylation is 1. The molecule has 0 spiro atoms. The van der Waals surface area contributed by atoms with E-state index in [0.29, 0.717) is 6.04 Å². The van der Waals surface area contributed by atoms with Gasteiger partial charge >= 0.3 is 0 Å². The molecule has 138 valence electrons. The molecule has 1 fully saturated rings. The van der Waals surface area contributed by atoms with E-state index in [1.807, 2.05) is 24.5 Å². The number of nitrogens with zero attached hydrogens (tertiary/aromatic N) is 5. The summed E-state index contributed by atoms with van der Waals surface area (Å²) in [6.45, 7) is 1.61. The van der Waals surface area contributed by atoms with Crippen LogP contribution >= 0.6 is 0 Å². The minimum Gasteiger partial charge on any atom is -0.381 e. The van der Waals surface area contributed by atoms with Gasteiger partial charge in [0, 0.05) is 48.9 Å². The molecule has 1 aliphatic heterocycles. The van der Waals surface area contributed by atoms with Crippen LogP contribution in [0.2, 0.25) is 0 Å². The molecule has 7 heteroatoms. The van der Waals surface area contributed by atoms with Crippen molar-refractivity contribution in [3.63, 3.8) is 0 Å². The Kier molecular flexibility index (Phi) is 4.29. The summed E-state index contributed by atoms with van der Waals surface area (Å²) in [7, 11) is 0. The predicted molar refractivity (Wildman–Crippen MR) is 102 cm³/mol. The van der Waals surface area contributed by atoms with Crippen molar-refractivity contribution < 1.29 is 4.74 Å². The number of hydrogen-bond donors (Lipinski definition) is 1. The molecule has 0 saturated carbocycles. The number of anilines is 1. The van der Waals surface area contributed by atoms with Crippen LogP contribution in [0, 0.1) is 0 Å². The maximum absolute atomic E-state index is 5.43. The van der Waals surface area contributed by atoms with Crippen molar-refractivity contribution in [3.05, 3.63) is 53.8 Å². The smallest absolute Gasteiger partial charge is 0.223 e. The number of ether oxygens (including phenoxy) is 1. The van der Waals surface area contributed by atoms with Crippen LogP contribution in [0.15, 0.2) is 36.8 Å². The summed E-state index contributed by atoms with van der Waals surface area (Å²) in [6.07, 6.45) is 13.0. The van der Waals surface area contributed by atoms with E-state index in [1.165, 1.54) is 0 Å². The van der Waals surface area contributed by atoms with Crippen LogP contribution in [0.1, 0.15) is 42.6 Å². The molecule has 1 saturated heterocycles. The van der Waals surface area contributed by atoms with Crippen LogP contribution in [-0.4, -0.2) is 43.8 Å². The largest absolute Gasteiger partial charge is 0.381 e. The molecule has 27 heavy (non-hydrogen) atoms. The van der Waals surface area contributed by atoms with E-state index in [-0.39, 0.29) is 0 Å². The zero-order valence-electron chi connectivity index (χ0n) is 15.1. The van der Waals surface area contributed by atoms with Crippen LogP contribution in [0.5, 0.6) is 0 Å². The summed E-state index contributed by atoms with van der Waals surface area (Å²) >= 11 is 0. The fourth-order valence-corrected chi connectivity index (χ4v) is 3.76. The highest BCUT2D eigenvalue weighted by Crippen LogP contribution is 2.29. The third-order valence-corrected chi connectivity index (χ3v) is 5.21. The lowest BCUT2D eigenvalue weighted by Crippen LogP contribution is -2.28. The van der Waals surface area contributed by atoms with E-state index in [9.17, 15) is 0 Å². The van der Waals surface area contributed by atoms with Gasteiger partial charge in [-0.3, -0.25) is 0 Å². The van der Waals surface area contributed by atoms with Gasteiger partial charge in [-0.05, 0) is 38.2 Å². The third-order valence-electron chi connectivity index (χ3n) is 5.21. The van der Waals surface area contributed by atoms with Crippen LogP contribution in [0.3, 0.4) is 0 Å². The van der Waals surface area contributed by atoms with Crippen LogP contribution in [0.25, 0.3) is 11.2 Å². The minimum absolute atomic E-state index is 0.392. The van der Waals surface area contributed by atoms with Crippen molar-refractivity contribution in [2.45, 2.75) is 38.1 Å². The molecular weight excluding hydrogens is 340 g/mol. The highest BCUT2D eigenvalue weighted by Gasteiger charge is 2.19. The number of nitrogens with one attached hydrogen (secondary N) is 1. The molecule has 1 N–H and O–H groups in total. The van der Waals surface area contributed by atoms with Gasteiger partial charge < -0.3 is 10.1 Å². The lowest BCUT2D eigenvalue weighted by molar-refractivity contribution is 0.0903. The van der Waals surface area contributed by atoms with Crippen molar-refractivity contribution in [2.75, 3.05) is 18.5 Å². The Hall–Kier alpha value is -2.80. The Balaban J connectivity index is 1.47. The molecule has 3 aromatic rings. The monoisotopic (exact) mass is 362 g/mol. The Morgan fingerprint density at radius 2 is 2.07 bits per heavy atom. The van der Waals surface area contributed by atoms with Crippen molar-refractivity contribution in [2.24, 2.45) is 0 Å². The summed E-state index contributed by atoms with van der Waals surface area (Å²) in [4.78, 5) is 14.2. The zero-order valence-corrected chi connectivity index (χ0v) is 15.1. The maximum Gasteiger partial charge on any atom is 0.223 e. The van der Waals surface area contributed by atoms with E-state index in [0.717, 1.165) is 79.4 Å².